The third-order valence-electron chi connectivity index (χ3n) is 2.90. The summed E-state index contributed by atoms with van der Waals surface area (Å²) in [6.45, 7) is 2.30. The van der Waals surface area contributed by atoms with Gasteiger partial charge in [0.15, 0.2) is 0 Å². The van der Waals surface area contributed by atoms with Crippen molar-refractivity contribution in [3.05, 3.63) is 28.8 Å². The highest BCUT2D eigenvalue weighted by atomic mass is 35.5. The first-order chi connectivity index (χ1) is 7.31. The quantitative estimate of drug-likeness (QED) is 0.709. The van der Waals surface area contributed by atoms with Gasteiger partial charge in [0.1, 0.15) is 0 Å². The van der Waals surface area contributed by atoms with Crippen molar-refractivity contribution in [3.8, 4) is 0 Å². The Balaban J connectivity index is 2.17. The minimum atomic E-state index is 0.485. The molecule has 0 radical (unpaired) electrons. The molecule has 3 heteroatoms. The van der Waals surface area contributed by atoms with Crippen LogP contribution in [0.3, 0.4) is 0 Å². The van der Waals surface area contributed by atoms with Gasteiger partial charge < -0.3 is 4.90 Å². The zero-order valence-corrected chi connectivity index (χ0v) is 10.2. The van der Waals surface area contributed by atoms with Crippen LogP contribution in [0.15, 0.2) is 18.2 Å². The van der Waals surface area contributed by atoms with Gasteiger partial charge in [-0.05, 0) is 37.0 Å². The van der Waals surface area contributed by atoms with Crippen molar-refractivity contribution in [1.82, 2.24) is 0 Å². The summed E-state index contributed by atoms with van der Waals surface area (Å²) in [5, 5.41) is 0.785. The van der Waals surface area contributed by atoms with E-state index in [-0.39, 0.29) is 0 Å². The minimum Gasteiger partial charge on any atom is -0.371 e. The lowest BCUT2D eigenvalue weighted by atomic mass is 10.1. The van der Waals surface area contributed by atoms with E-state index >= 15 is 0 Å². The fourth-order valence-corrected chi connectivity index (χ4v) is 2.54. The van der Waals surface area contributed by atoms with Crippen molar-refractivity contribution in [2.45, 2.75) is 25.1 Å². The first kappa shape index (κ1) is 11.1. The summed E-state index contributed by atoms with van der Waals surface area (Å²) >= 11 is 11.9. The van der Waals surface area contributed by atoms with Crippen LogP contribution in [0.25, 0.3) is 0 Å². The molecule has 1 aliphatic rings. The van der Waals surface area contributed by atoms with E-state index in [2.05, 4.69) is 11.0 Å². The van der Waals surface area contributed by atoms with E-state index in [9.17, 15) is 0 Å². The summed E-state index contributed by atoms with van der Waals surface area (Å²) < 4.78 is 0. The van der Waals surface area contributed by atoms with Crippen LogP contribution in [0.2, 0.25) is 5.02 Å². The van der Waals surface area contributed by atoms with E-state index in [1.807, 2.05) is 12.1 Å². The van der Waals surface area contributed by atoms with Crippen molar-refractivity contribution >= 4 is 28.9 Å². The van der Waals surface area contributed by atoms with Gasteiger partial charge in [0.25, 0.3) is 0 Å². The van der Waals surface area contributed by atoms with Crippen LogP contribution in [0.4, 0.5) is 5.69 Å². The molecule has 1 saturated heterocycles. The van der Waals surface area contributed by atoms with E-state index in [1.54, 1.807) is 0 Å². The van der Waals surface area contributed by atoms with Gasteiger partial charge in [-0.25, -0.2) is 0 Å². The molecule has 82 valence electrons. The molecule has 0 aliphatic carbocycles. The van der Waals surface area contributed by atoms with Gasteiger partial charge in [-0.1, -0.05) is 17.7 Å². The standard InChI is InChI=1S/C12H15Cl2N/c13-9-10-4-5-11(8-12(10)14)15-6-2-1-3-7-15/h4-5,8H,1-3,6-7,9H2. The first-order valence-electron chi connectivity index (χ1n) is 5.40. The number of alkyl halides is 1. The highest BCUT2D eigenvalue weighted by Crippen LogP contribution is 2.26. The zero-order chi connectivity index (χ0) is 10.7. The third kappa shape index (κ3) is 2.59. The maximum absolute atomic E-state index is 6.14. The van der Waals surface area contributed by atoms with E-state index in [4.69, 9.17) is 23.2 Å². The molecule has 0 aromatic heterocycles. The highest BCUT2D eigenvalue weighted by molar-refractivity contribution is 6.32. The van der Waals surface area contributed by atoms with Crippen LogP contribution in [-0.2, 0) is 5.88 Å². The molecule has 0 bridgehead atoms. The Morgan fingerprint density at radius 3 is 2.47 bits per heavy atom. The number of benzene rings is 1. The molecule has 1 fully saturated rings. The Kier molecular flexibility index (Phi) is 3.76. The van der Waals surface area contributed by atoms with Gasteiger partial charge in [-0.15, -0.1) is 11.6 Å². The Labute approximate surface area is 101 Å². The normalized spacial score (nSPS) is 16.8. The van der Waals surface area contributed by atoms with E-state index < -0.39 is 0 Å². The fraction of sp³-hybridized carbons (Fsp3) is 0.500. The second-order valence-corrected chi connectivity index (χ2v) is 4.63. The minimum absolute atomic E-state index is 0.485. The summed E-state index contributed by atoms with van der Waals surface area (Å²) in [4.78, 5) is 2.40. The van der Waals surface area contributed by atoms with Gasteiger partial charge >= 0.3 is 0 Å². The molecule has 2 rings (SSSR count). The molecule has 1 aromatic rings. The summed E-state index contributed by atoms with van der Waals surface area (Å²) in [5.74, 6) is 0.485. The van der Waals surface area contributed by atoms with E-state index in [0.29, 0.717) is 5.88 Å². The lowest BCUT2D eigenvalue weighted by Crippen LogP contribution is -2.29. The third-order valence-corrected chi connectivity index (χ3v) is 3.54. The van der Waals surface area contributed by atoms with Crippen LogP contribution in [-0.4, -0.2) is 13.1 Å². The average Bonchev–Trinajstić information content (AvgIpc) is 2.30. The topological polar surface area (TPSA) is 3.24 Å². The summed E-state index contributed by atoms with van der Waals surface area (Å²) in [7, 11) is 0. The van der Waals surface area contributed by atoms with Crippen molar-refractivity contribution in [2.75, 3.05) is 18.0 Å². The first-order valence-corrected chi connectivity index (χ1v) is 6.32. The van der Waals surface area contributed by atoms with Crippen LogP contribution < -0.4 is 4.90 Å². The Morgan fingerprint density at radius 1 is 1.13 bits per heavy atom. The van der Waals surface area contributed by atoms with Crippen LogP contribution >= 0.6 is 23.2 Å². The van der Waals surface area contributed by atoms with Crippen molar-refractivity contribution < 1.29 is 0 Å². The number of rotatable bonds is 2. The van der Waals surface area contributed by atoms with Crippen LogP contribution in [0.5, 0.6) is 0 Å². The van der Waals surface area contributed by atoms with Gasteiger partial charge in [0.05, 0.1) is 0 Å². The molecule has 1 heterocycles. The lowest BCUT2D eigenvalue weighted by molar-refractivity contribution is 0.578. The number of piperidine rings is 1. The Hall–Kier alpha value is -0.400. The van der Waals surface area contributed by atoms with Gasteiger partial charge in [0, 0.05) is 29.7 Å². The summed E-state index contributed by atoms with van der Waals surface area (Å²) in [6.07, 6.45) is 3.92. The molecular weight excluding hydrogens is 229 g/mol. The molecular formula is C12H15Cl2N. The van der Waals surface area contributed by atoms with Gasteiger partial charge in [-0.3, -0.25) is 0 Å². The number of hydrogen-bond acceptors (Lipinski definition) is 1. The molecule has 0 atom stereocenters. The molecule has 0 N–H and O–H groups in total. The summed E-state index contributed by atoms with van der Waals surface area (Å²) in [5.41, 5.74) is 2.24. The summed E-state index contributed by atoms with van der Waals surface area (Å²) in [6, 6.07) is 6.18. The van der Waals surface area contributed by atoms with Gasteiger partial charge in [0.2, 0.25) is 0 Å². The van der Waals surface area contributed by atoms with Gasteiger partial charge in [-0.2, -0.15) is 0 Å². The molecule has 1 aliphatic heterocycles. The average molecular weight is 244 g/mol. The Morgan fingerprint density at radius 2 is 1.87 bits per heavy atom. The van der Waals surface area contributed by atoms with Crippen molar-refractivity contribution in [3.63, 3.8) is 0 Å². The van der Waals surface area contributed by atoms with Crippen molar-refractivity contribution in [2.24, 2.45) is 0 Å². The molecule has 1 nitrogen and oxygen atoms in total. The molecule has 0 amide bonds. The Bertz CT molecular complexity index is 332. The SMILES string of the molecule is ClCc1ccc(N2CCCCC2)cc1Cl. The number of nitrogens with zero attached hydrogens (tertiary/aromatic N) is 1. The number of halogens is 2. The number of hydrogen-bond donors (Lipinski definition) is 0. The predicted molar refractivity (Wildman–Crippen MR) is 67.1 cm³/mol. The van der Waals surface area contributed by atoms with Crippen LogP contribution in [0.1, 0.15) is 24.8 Å². The largest absolute Gasteiger partial charge is 0.371 e. The maximum Gasteiger partial charge on any atom is 0.0488 e. The second kappa shape index (κ2) is 5.09. The smallest absolute Gasteiger partial charge is 0.0488 e. The zero-order valence-electron chi connectivity index (χ0n) is 8.68. The molecule has 1 aromatic carbocycles. The number of anilines is 1. The lowest BCUT2D eigenvalue weighted by Gasteiger charge is -2.29. The molecule has 0 saturated carbocycles. The molecule has 0 spiro atoms. The maximum atomic E-state index is 6.14. The fourth-order valence-electron chi connectivity index (χ4n) is 1.99. The predicted octanol–water partition coefficient (Wildman–Crippen LogP) is 4.07. The van der Waals surface area contributed by atoms with E-state index in [0.717, 1.165) is 23.7 Å². The van der Waals surface area contributed by atoms with E-state index in [1.165, 1.54) is 24.9 Å². The van der Waals surface area contributed by atoms with Crippen molar-refractivity contribution in [1.29, 1.82) is 0 Å². The second-order valence-electron chi connectivity index (χ2n) is 3.96. The monoisotopic (exact) mass is 243 g/mol. The molecule has 15 heavy (non-hydrogen) atoms. The van der Waals surface area contributed by atoms with Crippen LogP contribution in [0, 0.1) is 0 Å². The molecule has 0 unspecified atom stereocenters. The highest BCUT2D eigenvalue weighted by Gasteiger charge is 2.11.